The lowest BCUT2D eigenvalue weighted by Crippen LogP contribution is -2.01. The first-order chi connectivity index (χ1) is 10.7. The highest BCUT2D eigenvalue weighted by molar-refractivity contribution is 6.30. The van der Waals surface area contributed by atoms with Gasteiger partial charge in [0.05, 0.1) is 12.2 Å². The van der Waals surface area contributed by atoms with E-state index in [-0.39, 0.29) is 0 Å². The van der Waals surface area contributed by atoms with E-state index in [9.17, 15) is 0 Å². The quantitative estimate of drug-likeness (QED) is 0.754. The van der Waals surface area contributed by atoms with Gasteiger partial charge in [-0.25, -0.2) is 0 Å². The second kappa shape index (κ2) is 6.49. The van der Waals surface area contributed by atoms with Gasteiger partial charge < -0.3 is 14.6 Å². The molecular weight excluding hydrogens is 302 g/mol. The van der Waals surface area contributed by atoms with Crippen LogP contribution in [0.1, 0.15) is 11.7 Å². The van der Waals surface area contributed by atoms with Crippen molar-refractivity contribution in [2.45, 2.75) is 13.5 Å². The predicted octanol–water partition coefficient (Wildman–Crippen LogP) is 4.44. The largest absolute Gasteiger partial charge is 0.455 e. The molecule has 0 aliphatic carbocycles. The van der Waals surface area contributed by atoms with Crippen LogP contribution in [0.25, 0.3) is 0 Å². The van der Waals surface area contributed by atoms with E-state index in [1.807, 2.05) is 36.4 Å². The van der Waals surface area contributed by atoms with Crippen LogP contribution in [0.15, 0.2) is 53.1 Å². The molecule has 0 bridgehead atoms. The van der Waals surface area contributed by atoms with Crippen molar-refractivity contribution in [3.05, 3.63) is 65.3 Å². The van der Waals surface area contributed by atoms with Crippen molar-refractivity contribution in [1.29, 1.82) is 0 Å². The number of nitrogens with one attached hydrogen (secondary N) is 1. The molecular formula is C16H14ClN3O2. The van der Waals surface area contributed by atoms with Gasteiger partial charge in [0.2, 0.25) is 5.89 Å². The number of aromatic nitrogens is 2. The van der Waals surface area contributed by atoms with Gasteiger partial charge >= 0.3 is 0 Å². The van der Waals surface area contributed by atoms with Crippen LogP contribution in [0.3, 0.4) is 0 Å². The smallest absolute Gasteiger partial charge is 0.245 e. The Labute approximate surface area is 132 Å². The first-order valence-corrected chi connectivity index (χ1v) is 7.14. The maximum atomic E-state index is 6.06. The topological polar surface area (TPSA) is 60.2 Å². The number of rotatable bonds is 5. The summed E-state index contributed by atoms with van der Waals surface area (Å²) in [6, 6.07) is 14.9. The van der Waals surface area contributed by atoms with Crippen molar-refractivity contribution in [3.8, 4) is 11.5 Å². The monoisotopic (exact) mass is 315 g/mol. The van der Waals surface area contributed by atoms with E-state index in [2.05, 4.69) is 15.5 Å². The maximum absolute atomic E-state index is 6.06. The van der Waals surface area contributed by atoms with Crippen molar-refractivity contribution in [3.63, 3.8) is 0 Å². The summed E-state index contributed by atoms with van der Waals surface area (Å²) in [5.74, 6) is 2.53. The van der Waals surface area contributed by atoms with Crippen molar-refractivity contribution < 1.29 is 9.26 Å². The second-order valence-electron chi connectivity index (χ2n) is 4.64. The molecule has 3 aromatic rings. The molecule has 5 nitrogen and oxygen atoms in total. The molecule has 0 atom stereocenters. The van der Waals surface area contributed by atoms with Gasteiger partial charge in [-0.2, -0.15) is 4.98 Å². The zero-order valence-corrected chi connectivity index (χ0v) is 12.7. The maximum Gasteiger partial charge on any atom is 0.245 e. The van der Waals surface area contributed by atoms with Crippen molar-refractivity contribution in [1.82, 2.24) is 10.1 Å². The minimum Gasteiger partial charge on any atom is -0.455 e. The molecule has 0 radical (unpaired) electrons. The lowest BCUT2D eigenvalue weighted by molar-refractivity contribution is 0.379. The summed E-state index contributed by atoms with van der Waals surface area (Å²) in [6.45, 7) is 2.17. The molecule has 2 aromatic carbocycles. The van der Waals surface area contributed by atoms with E-state index in [0.717, 1.165) is 11.4 Å². The molecule has 1 heterocycles. The van der Waals surface area contributed by atoms with Crippen molar-refractivity contribution in [2.24, 2.45) is 0 Å². The Kier molecular flexibility index (Phi) is 4.25. The second-order valence-corrected chi connectivity index (χ2v) is 5.08. The lowest BCUT2D eigenvalue weighted by atomic mass is 10.2. The summed E-state index contributed by atoms with van der Waals surface area (Å²) >= 11 is 6.06. The predicted molar refractivity (Wildman–Crippen MR) is 84.3 cm³/mol. The van der Waals surface area contributed by atoms with Gasteiger partial charge in [0.1, 0.15) is 5.75 Å². The third-order valence-electron chi connectivity index (χ3n) is 2.91. The number of halogens is 1. The number of para-hydroxylation sites is 1. The summed E-state index contributed by atoms with van der Waals surface area (Å²) in [7, 11) is 0. The highest BCUT2D eigenvalue weighted by atomic mass is 35.5. The average Bonchev–Trinajstić information content (AvgIpc) is 2.94. The average molecular weight is 316 g/mol. The summed E-state index contributed by atoms with van der Waals surface area (Å²) in [4.78, 5) is 4.15. The molecule has 0 spiro atoms. The molecule has 0 amide bonds. The number of anilines is 1. The van der Waals surface area contributed by atoms with E-state index in [1.165, 1.54) is 0 Å². The highest BCUT2D eigenvalue weighted by Crippen LogP contribution is 2.32. The van der Waals surface area contributed by atoms with Crippen LogP contribution in [0.4, 0.5) is 5.69 Å². The number of hydrogen-bond acceptors (Lipinski definition) is 5. The first-order valence-electron chi connectivity index (χ1n) is 6.76. The SMILES string of the molecule is Cc1noc(CNc2cc(Cl)ccc2Oc2ccccc2)n1. The van der Waals surface area contributed by atoms with Crippen LogP contribution in [0.2, 0.25) is 5.02 Å². The van der Waals surface area contributed by atoms with Gasteiger partial charge in [0, 0.05) is 5.02 Å². The summed E-state index contributed by atoms with van der Waals surface area (Å²) in [5, 5.41) is 7.57. The van der Waals surface area contributed by atoms with Crippen LogP contribution in [-0.4, -0.2) is 10.1 Å². The van der Waals surface area contributed by atoms with E-state index in [4.69, 9.17) is 20.9 Å². The highest BCUT2D eigenvalue weighted by Gasteiger charge is 2.08. The van der Waals surface area contributed by atoms with Gasteiger partial charge in [-0.1, -0.05) is 35.0 Å². The fourth-order valence-electron chi connectivity index (χ4n) is 1.93. The molecule has 6 heteroatoms. The third-order valence-corrected chi connectivity index (χ3v) is 3.15. The zero-order chi connectivity index (χ0) is 15.4. The Hall–Kier alpha value is -2.53. The number of aryl methyl sites for hydroxylation is 1. The molecule has 0 saturated carbocycles. The molecule has 0 aliphatic heterocycles. The van der Waals surface area contributed by atoms with E-state index in [0.29, 0.717) is 29.0 Å². The van der Waals surface area contributed by atoms with Gasteiger partial charge in [0.15, 0.2) is 11.6 Å². The minimum atomic E-state index is 0.395. The van der Waals surface area contributed by atoms with Gasteiger partial charge in [-0.3, -0.25) is 0 Å². The Balaban J connectivity index is 1.78. The lowest BCUT2D eigenvalue weighted by Gasteiger charge is -2.12. The zero-order valence-electron chi connectivity index (χ0n) is 11.9. The van der Waals surface area contributed by atoms with Crippen molar-refractivity contribution >= 4 is 17.3 Å². The molecule has 0 unspecified atom stereocenters. The molecule has 0 fully saturated rings. The Morgan fingerprint density at radius 3 is 2.73 bits per heavy atom. The minimum absolute atomic E-state index is 0.395. The van der Waals surface area contributed by atoms with Crippen LogP contribution in [-0.2, 0) is 6.54 Å². The number of hydrogen-bond donors (Lipinski definition) is 1. The molecule has 112 valence electrons. The van der Waals surface area contributed by atoms with E-state index >= 15 is 0 Å². The summed E-state index contributed by atoms with van der Waals surface area (Å²) < 4.78 is 10.9. The molecule has 1 N–H and O–H groups in total. The van der Waals surface area contributed by atoms with Crippen molar-refractivity contribution in [2.75, 3.05) is 5.32 Å². The summed E-state index contributed by atoms with van der Waals surface area (Å²) in [5.41, 5.74) is 0.757. The standard InChI is InChI=1S/C16H14ClN3O2/c1-11-19-16(22-20-11)10-18-14-9-12(17)7-8-15(14)21-13-5-3-2-4-6-13/h2-9,18H,10H2,1H3. The fraction of sp³-hybridized carbons (Fsp3) is 0.125. The molecule has 0 saturated heterocycles. The molecule has 3 rings (SSSR count). The Bertz CT molecular complexity index is 759. The fourth-order valence-corrected chi connectivity index (χ4v) is 2.10. The van der Waals surface area contributed by atoms with Gasteiger partial charge in [-0.15, -0.1) is 0 Å². The summed E-state index contributed by atoms with van der Waals surface area (Å²) in [6.07, 6.45) is 0. The van der Waals surface area contributed by atoms with Gasteiger partial charge in [0.25, 0.3) is 0 Å². The molecule has 22 heavy (non-hydrogen) atoms. The Morgan fingerprint density at radius 2 is 2.00 bits per heavy atom. The number of nitrogens with zero attached hydrogens (tertiary/aromatic N) is 2. The van der Waals surface area contributed by atoms with E-state index in [1.54, 1.807) is 19.1 Å². The van der Waals surface area contributed by atoms with Crippen LogP contribution >= 0.6 is 11.6 Å². The van der Waals surface area contributed by atoms with Crippen LogP contribution in [0.5, 0.6) is 11.5 Å². The third kappa shape index (κ3) is 3.56. The van der Waals surface area contributed by atoms with Crippen LogP contribution < -0.4 is 10.1 Å². The van der Waals surface area contributed by atoms with Crippen LogP contribution in [0, 0.1) is 6.92 Å². The number of ether oxygens (including phenoxy) is 1. The molecule has 0 aliphatic rings. The molecule has 1 aromatic heterocycles. The number of benzene rings is 2. The first kappa shape index (κ1) is 14.4. The van der Waals surface area contributed by atoms with Gasteiger partial charge in [-0.05, 0) is 37.3 Å². The normalized spacial score (nSPS) is 10.5. The Morgan fingerprint density at radius 1 is 1.18 bits per heavy atom. The van der Waals surface area contributed by atoms with E-state index < -0.39 is 0 Å².